The Morgan fingerprint density at radius 3 is 2.47 bits per heavy atom. The summed E-state index contributed by atoms with van der Waals surface area (Å²) < 4.78 is 6.82. The zero-order valence-electron chi connectivity index (χ0n) is 9.41. The summed E-state index contributed by atoms with van der Waals surface area (Å²) in [7, 11) is 0. The minimum atomic E-state index is 0.565. The monoisotopic (exact) mass is 310 g/mol. The van der Waals surface area contributed by atoms with Crippen molar-refractivity contribution >= 4 is 27.5 Å². The number of ether oxygens (including phenoxy) is 1. The first kappa shape index (κ1) is 12.5. The Morgan fingerprint density at radius 1 is 1.12 bits per heavy atom. The maximum absolute atomic E-state index is 5.89. The van der Waals surface area contributed by atoms with Crippen LogP contribution >= 0.6 is 27.5 Å². The molecule has 0 saturated carbocycles. The minimum absolute atomic E-state index is 0.565. The van der Waals surface area contributed by atoms with E-state index in [1.54, 1.807) is 0 Å². The normalized spacial score (nSPS) is 10.3. The lowest BCUT2D eigenvalue weighted by Crippen LogP contribution is -1.96. The van der Waals surface area contributed by atoms with E-state index < -0.39 is 0 Å². The van der Waals surface area contributed by atoms with Gasteiger partial charge in [0.1, 0.15) is 12.4 Å². The Hall–Kier alpha value is -0.990. The van der Waals surface area contributed by atoms with Crippen LogP contribution in [0.5, 0.6) is 5.75 Å². The molecule has 0 N–H and O–H groups in total. The highest BCUT2D eigenvalue weighted by molar-refractivity contribution is 9.10. The van der Waals surface area contributed by atoms with Crippen LogP contribution in [0.15, 0.2) is 46.9 Å². The van der Waals surface area contributed by atoms with Gasteiger partial charge in [0.15, 0.2) is 0 Å². The van der Waals surface area contributed by atoms with Crippen molar-refractivity contribution in [2.75, 3.05) is 0 Å². The molecule has 2 aromatic carbocycles. The molecule has 0 fully saturated rings. The van der Waals surface area contributed by atoms with Crippen LogP contribution in [-0.4, -0.2) is 0 Å². The summed E-state index contributed by atoms with van der Waals surface area (Å²) in [5.41, 5.74) is 2.19. The van der Waals surface area contributed by atoms with E-state index >= 15 is 0 Å². The van der Waals surface area contributed by atoms with Crippen LogP contribution < -0.4 is 4.74 Å². The maximum atomic E-state index is 5.89. The molecule has 2 aromatic rings. The molecule has 0 heterocycles. The SMILES string of the molecule is Cc1cc(Cl)ccc1OCc1ccc(Br)cc1. The van der Waals surface area contributed by atoms with Gasteiger partial charge < -0.3 is 4.74 Å². The molecular formula is C14H12BrClO. The topological polar surface area (TPSA) is 9.23 Å². The highest BCUT2D eigenvalue weighted by Gasteiger charge is 2.01. The van der Waals surface area contributed by atoms with Gasteiger partial charge in [-0.05, 0) is 48.4 Å². The Balaban J connectivity index is 2.04. The molecule has 0 aliphatic heterocycles. The molecule has 88 valence electrons. The van der Waals surface area contributed by atoms with E-state index in [2.05, 4.69) is 15.9 Å². The van der Waals surface area contributed by atoms with Crippen LogP contribution in [0.1, 0.15) is 11.1 Å². The number of hydrogen-bond acceptors (Lipinski definition) is 1. The number of benzene rings is 2. The lowest BCUT2D eigenvalue weighted by Gasteiger charge is -2.09. The van der Waals surface area contributed by atoms with Gasteiger partial charge in [0.05, 0.1) is 0 Å². The van der Waals surface area contributed by atoms with Crippen molar-refractivity contribution in [1.82, 2.24) is 0 Å². The van der Waals surface area contributed by atoms with Gasteiger partial charge in [-0.3, -0.25) is 0 Å². The molecule has 0 atom stereocenters. The molecule has 0 radical (unpaired) electrons. The number of rotatable bonds is 3. The van der Waals surface area contributed by atoms with Crippen LogP contribution in [-0.2, 0) is 6.61 Å². The summed E-state index contributed by atoms with van der Waals surface area (Å²) in [6.45, 7) is 2.55. The molecule has 17 heavy (non-hydrogen) atoms. The van der Waals surface area contributed by atoms with Gasteiger partial charge in [-0.1, -0.05) is 39.7 Å². The Kier molecular flexibility index (Phi) is 4.08. The molecular weight excluding hydrogens is 300 g/mol. The van der Waals surface area contributed by atoms with Crippen LogP contribution in [0.3, 0.4) is 0 Å². The Bertz CT molecular complexity index is 508. The number of hydrogen-bond donors (Lipinski definition) is 0. The van der Waals surface area contributed by atoms with Gasteiger partial charge >= 0.3 is 0 Å². The third-order valence-electron chi connectivity index (χ3n) is 2.44. The van der Waals surface area contributed by atoms with Crippen molar-refractivity contribution in [3.8, 4) is 5.75 Å². The van der Waals surface area contributed by atoms with Crippen LogP contribution in [0, 0.1) is 6.92 Å². The average Bonchev–Trinajstić information content (AvgIpc) is 2.30. The van der Waals surface area contributed by atoms with Crippen molar-refractivity contribution in [3.05, 3.63) is 63.1 Å². The molecule has 0 bridgehead atoms. The van der Waals surface area contributed by atoms with E-state index in [-0.39, 0.29) is 0 Å². The van der Waals surface area contributed by atoms with E-state index in [9.17, 15) is 0 Å². The average molecular weight is 312 g/mol. The number of halogens is 2. The zero-order valence-corrected chi connectivity index (χ0v) is 11.8. The maximum Gasteiger partial charge on any atom is 0.122 e. The first-order valence-electron chi connectivity index (χ1n) is 5.28. The molecule has 0 aliphatic rings. The van der Waals surface area contributed by atoms with Crippen molar-refractivity contribution in [3.63, 3.8) is 0 Å². The van der Waals surface area contributed by atoms with Crippen molar-refractivity contribution in [1.29, 1.82) is 0 Å². The van der Waals surface area contributed by atoms with Gasteiger partial charge in [-0.25, -0.2) is 0 Å². The Morgan fingerprint density at radius 2 is 1.82 bits per heavy atom. The molecule has 0 saturated heterocycles. The predicted molar refractivity (Wildman–Crippen MR) is 74.7 cm³/mol. The quantitative estimate of drug-likeness (QED) is 0.776. The van der Waals surface area contributed by atoms with Gasteiger partial charge in [-0.2, -0.15) is 0 Å². The third-order valence-corrected chi connectivity index (χ3v) is 3.21. The second-order valence-electron chi connectivity index (χ2n) is 3.82. The molecule has 0 aliphatic carbocycles. The summed E-state index contributed by atoms with van der Waals surface area (Å²) in [6.07, 6.45) is 0. The van der Waals surface area contributed by atoms with E-state index in [1.165, 1.54) is 0 Å². The second kappa shape index (κ2) is 5.56. The first-order chi connectivity index (χ1) is 8.15. The molecule has 2 rings (SSSR count). The van der Waals surface area contributed by atoms with E-state index in [1.807, 2.05) is 49.4 Å². The first-order valence-corrected chi connectivity index (χ1v) is 6.45. The van der Waals surface area contributed by atoms with E-state index in [4.69, 9.17) is 16.3 Å². The standard InChI is InChI=1S/C14H12BrClO/c1-10-8-13(16)6-7-14(10)17-9-11-2-4-12(15)5-3-11/h2-8H,9H2,1H3. The number of aryl methyl sites for hydroxylation is 1. The third kappa shape index (κ3) is 3.48. The molecule has 1 nitrogen and oxygen atoms in total. The fourth-order valence-electron chi connectivity index (χ4n) is 1.52. The summed E-state index contributed by atoms with van der Waals surface area (Å²) in [5.74, 6) is 0.873. The highest BCUT2D eigenvalue weighted by atomic mass is 79.9. The largest absolute Gasteiger partial charge is 0.489 e. The van der Waals surface area contributed by atoms with Gasteiger partial charge in [-0.15, -0.1) is 0 Å². The molecule has 0 spiro atoms. The molecule has 0 unspecified atom stereocenters. The van der Waals surface area contributed by atoms with Crippen LogP contribution in [0.2, 0.25) is 5.02 Å². The van der Waals surface area contributed by atoms with E-state index in [0.29, 0.717) is 6.61 Å². The fraction of sp³-hybridized carbons (Fsp3) is 0.143. The van der Waals surface area contributed by atoms with Crippen LogP contribution in [0.4, 0.5) is 0 Å². The lowest BCUT2D eigenvalue weighted by molar-refractivity contribution is 0.304. The minimum Gasteiger partial charge on any atom is -0.489 e. The molecule has 3 heteroatoms. The van der Waals surface area contributed by atoms with Crippen molar-refractivity contribution in [2.45, 2.75) is 13.5 Å². The summed E-state index contributed by atoms with van der Waals surface area (Å²) >= 11 is 9.30. The van der Waals surface area contributed by atoms with Gasteiger partial charge in [0, 0.05) is 9.50 Å². The smallest absolute Gasteiger partial charge is 0.122 e. The second-order valence-corrected chi connectivity index (χ2v) is 5.18. The van der Waals surface area contributed by atoms with Gasteiger partial charge in [0.25, 0.3) is 0 Å². The molecule has 0 amide bonds. The van der Waals surface area contributed by atoms with Gasteiger partial charge in [0.2, 0.25) is 0 Å². The highest BCUT2D eigenvalue weighted by Crippen LogP contribution is 2.23. The zero-order chi connectivity index (χ0) is 12.3. The lowest BCUT2D eigenvalue weighted by atomic mass is 10.2. The van der Waals surface area contributed by atoms with Crippen molar-refractivity contribution < 1.29 is 4.74 Å². The summed E-state index contributed by atoms with van der Waals surface area (Å²) in [4.78, 5) is 0. The predicted octanol–water partition coefficient (Wildman–Crippen LogP) is 4.99. The fourth-order valence-corrected chi connectivity index (χ4v) is 2.01. The summed E-state index contributed by atoms with van der Waals surface area (Å²) in [5, 5.41) is 0.735. The van der Waals surface area contributed by atoms with Crippen LogP contribution in [0.25, 0.3) is 0 Å². The Labute approximate surface area is 115 Å². The molecule has 0 aromatic heterocycles. The summed E-state index contributed by atoms with van der Waals surface area (Å²) in [6, 6.07) is 13.7. The van der Waals surface area contributed by atoms with Crippen molar-refractivity contribution in [2.24, 2.45) is 0 Å². The van der Waals surface area contributed by atoms with E-state index in [0.717, 1.165) is 26.4 Å².